The maximum absolute atomic E-state index is 12.9. The van der Waals surface area contributed by atoms with E-state index in [0.29, 0.717) is 34.0 Å². The first-order valence-electron chi connectivity index (χ1n) is 8.26. The smallest absolute Gasteiger partial charge is 0.266 e. The van der Waals surface area contributed by atoms with Gasteiger partial charge in [0.25, 0.3) is 11.8 Å². The zero-order valence-corrected chi connectivity index (χ0v) is 16.6. The molecule has 0 saturated carbocycles. The average Bonchev–Trinajstić information content (AvgIpc) is 2.88. The molecule has 1 aliphatic rings. The first-order valence-corrected chi connectivity index (χ1v) is 9.34. The van der Waals surface area contributed by atoms with Crippen molar-refractivity contribution in [1.29, 1.82) is 0 Å². The third-order valence-corrected chi connectivity index (χ3v) is 5.04. The quantitative estimate of drug-likeness (QED) is 0.340. The third-order valence-electron chi connectivity index (χ3n) is 4.37. The summed E-state index contributed by atoms with van der Waals surface area (Å²) < 4.78 is 6.83. The number of aryl methyl sites for hydroxylation is 1. The van der Waals surface area contributed by atoms with Gasteiger partial charge in [-0.1, -0.05) is 0 Å². The highest BCUT2D eigenvalue weighted by molar-refractivity contribution is 14.1. The zero-order chi connectivity index (χ0) is 19.1. The van der Waals surface area contributed by atoms with E-state index >= 15 is 0 Å². The number of benzene rings is 3. The van der Waals surface area contributed by atoms with Gasteiger partial charge in [0.15, 0.2) is 0 Å². The van der Waals surface area contributed by atoms with E-state index in [1.165, 1.54) is 4.90 Å². The van der Waals surface area contributed by atoms with Crippen molar-refractivity contribution in [2.24, 2.45) is 0 Å². The number of carbonyl (C=O) groups excluding carboxylic acids is 2. The number of carbonyl (C=O) groups is 2. The number of ether oxygens (including phenoxy) is 1. The molecular formula is C21H15IN2O3. The van der Waals surface area contributed by atoms with Crippen molar-refractivity contribution in [2.45, 2.75) is 6.92 Å². The Hall–Kier alpha value is -2.87. The lowest BCUT2D eigenvalue weighted by molar-refractivity contribution is 0.0926. The van der Waals surface area contributed by atoms with E-state index in [9.17, 15) is 9.59 Å². The molecule has 0 fully saturated rings. The van der Waals surface area contributed by atoms with E-state index in [-0.39, 0.29) is 11.8 Å². The second-order valence-corrected chi connectivity index (χ2v) is 7.50. The molecule has 27 heavy (non-hydrogen) atoms. The molecule has 0 aromatic heterocycles. The molecule has 0 atom stereocenters. The van der Waals surface area contributed by atoms with E-state index in [4.69, 9.17) is 10.5 Å². The predicted molar refractivity (Wildman–Crippen MR) is 112 cm³/mol. The highest BCUT2D eigenvalue weighted by Crippen LogP contribution is 2.34. The molecule has 3 aromatic rings. The van der Waals surface area contributed by atoms with Gasteiger partial charge in [0.2, 0.25) is 0 Å². The Morgan fingerprint density at radius 2 is 1.52 bits per heavy atom. The van der Waals surface area contributed by atoms with Crippen molar-refractivity contribution in [2.75, 3.05) is 10.6 Å². The largest absolute Gasteiger partial charge is 0.457 e. The second kappa shape index (κ2) is 6.70. The molecule has 1 heterocycles. The standard InChI is InChI=1S/C21H15IN2O3/c1-12-10-13(22)2-9-19(12)24-20(25)17-8-7-16(11-18(17)21(24)26)27-15-5-3-14(23)4-6-15/h2-11H,23H2,1H3. The van der Waals surface area contributed by atoms with Gasteiger partial charge in [-0.3, -0.25) is 9.59 Å². The fourth-order valence-corrected chi connectivity index (χ4v) is 3.69. The molecule has 4 rings (SSSR count). The van der Waals surface area contributed by atoms with Crippen LogP contribution in [0.5, 0.6) is 11.5 Å². The number of rotatable bonds is 3. The normalized spacial score (nSPS) is 13.0. The summed E-state index contributed by atoms with van der Waals surface area (Å²) >= 11 is 2.20. The molecule has 1 aliphatic heterocycles. The molecule has 0 saturated heterocycles. The minimum Gasteiger partial charge on any atom is -0.457 e. The number of nitrogens with two attached hydrogens (primary N) is 1. The van der Waals surface area contributed by atoms with Gasteiger partial charge >= 0.3 is 0 Å². The Morgan fingerprint density at radius 1 is 0.852 bits per heavy atom. The lowest BCUT2D eigenvalue weighted by Crippen LogP contribution is -2.30. The van der Waals surface area contributed by atoms with Crippen molar-refractivity contribution in [1.82, 2.24) is 0 Å². The minimum atomic E-state index is -0.345. The number of halogens is 1. The summed E-state index contributed by atoms with van der Waals surface area (Å²) in [4.78, 5) is 27.0. The number of nitrogens with zero attached hydrogens (tertiary/aromatic N) is 1. The molecule has 2 N–H and O–H groups in total. The maximum Gasteiger partial charge on any atom is 0.266 e. The number of nitrogen functional groups attached to an aromatic ring is 1. The van der Waals surface area contributed by atoms with Gasteiger partial charge in [-0.15, -0.1) is 0 Å². The van der Waals surface area contributed by atoms with Crippen LogP contribution in [0.15, 0.2) is 60.7 Å². The van der Waals surface area contributed by atoms with Crippen molar-refractivity contribution < 1.29 is 14.3 Å². The number of hydrogen-bond acceptors (Lipinski definition) is 4. The molecule has 6 heteroatoms. The van der Waals surface area contributed by atoms with Crippen LogP contribution in [0.4, 0.5) is 11.4 Å². The summed E-state index contributed by atoms with van der Waals surface area (Å²) in [6.07, 6.45) is 0. The first-order chi connectivity index (χ1) is 12.9. The Bertz CT molecular complexity index is 1080. The van der Waals surface area contributed by atoms with Crippen molar-refractivity contribution in [3.05, 3.63) is 80.9 Å². The van der Waals surface area contributed by atoms with Crippen LogP contribution in [0.25, 0.3) is 0 Å². The van der Waals surface area contributed by atoms with E-state index in [1.54, 1.807) is 48.5 Å². The molecule has 134 valence electrons. The van der Waals surface area contributed by atoms with Crippen LogP contribution in [0, 0.1) is 10.5 Å². The van der Waals surface area contributed by atoms with Gasteiger partial charge in [0.1, 0.15) is 11.5 Å². The zero-order valence-electron chi connectivity index (χ0n) is 14.4. The van der Waals surface area contributed by atoms with E-state index in [2.05, 4.69) is 22.6 Å². The lowest BCUT2D eigenvalue weighted by Gasteiger charge is -2.16. The van der Waals surface area contributed by atoms with Gasteiger partial charge in [-0.2, -0.15) is 0 Å². The number of imide groups is 1. The Balaban J connectivity index is 1.68. The topological polar surface area (TPSA) is 72.6 Å². The third kappa shape index (κ3) is 3.16. The molecule has 0 unspecified atom stereocenters. The monoisotopic (exact) mass is 470 g/mol. The Kier molecular flexibility index (Phi) is 4.35. The summed E-state index contributed by atoms with van der Waals surface area (Å²) in [5, 5.41) is 0. The van der Waals surface area contributed by atoms with E-state index < -0.39 is 0 Å². The fraction of sp³-hybridized carbons (Fsp3) is 0.0476. The van der Waals surface area contributed by atoms with Gasteiger partial charge < -0.3 is 10.5 Å². The van der Waals surface area contributed by atoms with Crippen molar-refractivity contribution in [3.63, 3.8) is 0 Å². The van der Waals surface area contributed by atoms with Crippen LogP contribution in [0.3, 0.4) is 0 Å². The van der Waals surface area contributed by atoms with Crippen LogP contribution >= 0.6 is 22.6 Å². The summed E-state index contributed by atoms with van der Waals surface area (Å²) in [6.45, 7) is 1.89. The van der Waals surface area contributed by atoms with Crippen LogP contribution in [0.2, 0.25) is 0 Å². The fourth-order valence-electron chi connectivity index (χ4n) is 3.04. The first kappa shape index (κ1) is 17.5. The number of fused-ring (bicyclic) bond motifs is 1. The number of amides is 2. The maximum atomic E-state index is 12.9. The molecule has 2 amide bonds. The van der Waals surface area contributed by atoms with Gasteiger partial charge in [0.05, 0.1) is 16.8 Å². The van der Waals surface area contributed by atoms with Crippen LogP contribution in [0.1, 0.15) is 26.3 Å². The Morgan fingerprint density at radius 3 is 2.22 bits per heavy atom. The Labute approximate surface area is 169 Å². The van der Waals surface area contributed by atoms with E-state index in [1.807, 2.05) is 19.1 Å². The molecule has 0 aliphatic carbocycles. The molecule has 0 bridgehead atoms. The molecule has 0 radical (unpaired) electrons. The lowest BCUT2D eigenvalue weighted by atomic mass is 10.1. The van der Waals surface area contributed by atoms with Crippen molar-refractivity contribution in [3.8, 4) is 11.5 Å². The van der Waals surface area contributed by atoms with Gasteiger partial charge in [-0.25, -0.2) is 4.90 Å². The highest BCUT2D eigenvalue weighted by Gasteiger charge is 2.37. The number of anilines is 2. The summed E-state index contributed by atoms with van der Waals surface area (Å²) in [5.74, 6) is 0.424. The van der Waals surface area contributed by atoms with Gasteiger partial charge in [0, 0.05) is 9.26 Å². The second-order valence-electron chi connectivity index (χ2n) is 6.26. The average molecular weight is 470 g/mol. The SMILES string of the molecule is Cc1cc(I)ccc1N1C(=O)c2ccc(Oc3ccc(N)cc3)cc2C1=O. The van der Waals surface area contributed by atoms with Gasteiger partial charge in [-0.05, 0) is 95.7 Å². The molecule has 0 spiro atoms. The molecule has 3 aromatic carbocycles. The molecular weight excluding hydrogens is 455 g/mol. The number of hydrogen-bond donors (Lipinski definition) is 1. The molecule has 5 nitrogen and oxygen atoms in total. The van der Waals surface area contributed by atoms with Crippen LogP contribution < -0.4 is 15.4 Å². The van der Waals surface area contributed by atoms with Crippen LogP contribution in [-0.4, -0.2) is 11.8 Å². The highest BCUT2D eigenvalue weighted by atomic mass is 127. The summed E-state index contributed by atoms with van der Waals surface area (Å²) in [7, 11) is 0. The summed E-state index contributed by atoms with van der Waals surface area (Å²) in [5.41, 5.74) is 8.50. The van der Waals surface area contributed by atoms with Crippen molar-refractivity contribution >= 4 is 45.8 Å². The van der Waals surface area contributed by atoms with E-state index in [0.717, 1.165) is 9.13 Å². The van der Waals surface area contributed by atoms with Crippen LogP contribution in [-0.2, 0) is 0 Å². The summed E-state index contributed by atoms with van der Waals surface area (Å²) in [6, 6.07) is 17.5. The predicted octanol–water partition coefficient (Wildman–Crippen LogP) is 4.77. The minimum absolute atomic E-state index is 0.321.